The summed E-state index contributed by atoms with van der Waals surface area (Å²) in [5.74, 6) is -0.987. The number of nitrogens with two attached hydrogens (primary N) is 1. The highest BCUT2D eigenvalue weighted by molar-refractivity contribution is 7.89. The molecule has 2 N–H and O–H groups in total. The summed E-state index contributed by atoms with van der Waals surface area (Å²) in [5, 5.41) is 5.26. The van der Waals surface area contributed by atoms with E-state index in [2.05, 4.69) is 0 Å². The summed E-state index contributed by atoms with van der Waals surface area (Å²) in [6, 6.07) is 12.6. The van der Waals surface area contributed by atoms with Gasteiger partial charge in [-0.2, -0.15) is 0 Å². The number of hydrogen-bond acceptors (Lipinski definition) is 4. The fraction of sp³-hybridized carbons (Fsp3) is 0.208. The van der Waals surface area contributed by atoms with Gasteiger partial charge in [-0.05, 0) is 66.4 Å². The summed E-state index contributed by atoms with van der Waals surface area (Å²) < 4.78 is 57.3. The van der Waals surface area contributed by atoms with Crippen molar-refractivity contribution in [1.82, 2.24) is 0 Å². The number of carbonyl (C=O) groups is 1. The van der Waals surface area contributed by atoms with E-state index in [1.54, 1.807) is 29.2 Å². The molecule has 3 aromatic carbocycles. The fourth-order valence-electron chi connectivity index (χ4n) is 4.51. The van der Waals surface area contributed by atoms with Gasteiger partial charge in [0.1, 0.15) is 17.4 Å². The number of anilines is 1. The maximum Gasteiger partial charge on any atom is 0.268 e. The minimum atomic E-state index is -3.92. The molecule has 0 spiro atoms. The van der Waals surface area contributed by atoms with Crippen LogP contribution in [0.5, 0.6) is 5.75 Å². The van der Waals surface area contributed by atoms with Gasteiger partial charge in [0.25, 0.3) is 5.91 Å². The summed E-state index contributed by atoms with van der Waals surface area (Å²) in [5.41, 5.74) is 2.67. The molecule has 3 aromatic rings. The van der Waals surface area contributed by atoms with E-state index in [1.807, 2.05) is 6.92 Å². The molecule has 0 saturated carbocycles. The molecular weight excluding hydrogens is 450 g/mol. The Kier molecular flexibility index (Phi) is 4.98. The molecule has 2 atom stereocenters. The van der Waals surface area contributed by atoms with Gasteiger partial charge in [-0.3, -0.25) is 4.79 Å². The standard InChI is InChI=1S/C24H20F2N2O4S/c1-13-8-15-4-6-18(33(27,30)31)12-21(15)28(13)24(29)23-10-16-3-2-14(9-22(16)32-23)19-11-17(25)5-7-20(19)26/h2-7,9,11-13,23H,8,10H2,1H3,(H2,27,30,31)/t13?,23-/m0/s1. The number of fused-ring (bicyclic) bond motifs is 2. The molecular formula is C24H20F2N2O4S. The van der Waals surface area contributed by atoms with Crippen LogP contribution in [0.3, 0.4) is 0 Å². The Hall–Kier alpha value is -3.30. The molecule has 0 radical (unpaired) electrons. The second-order valence-corrected chi connectivity index (χ2v) is 9.92. The number of primary sulfonamides is 1. The van der Waals surface area contributed by atoms with Gasteiger partial charge in [-0.1, -0.05) is 18.2 Å². The lowest BCUT2D eigenvalue weighted by atomic mass is 10.0. The van der Waals surface area contributed by atoms with Gasteiger partial charge >= 0.3 is 0 Å². The quantitative estimate of drug-likeness (QED) is 0.634. The summed E-state index contributed by atoms with van der Waals surface area (Å²) in [7, 11) is -3.92. The average molecular weight is 470 g/mol. The molecule has 0 aromatic heterocycles. The van der Waals surface area contributed by atoms with Crippen molar-refractivity contribution in [2.24, 2.45) is 5.14 Å². The number of carbonyl (C=O) groups excluding carboxylic acids is 1. The molecule has 0 aliphatic carbocycles. The number of ether oxygens (including phenoxy) is 1. The predicted octanol–water partition coefficient (Wildman–Crippen LogP) is 3.56. The third-order valence-corrected chi connectivity index (χ3v) is 7.01. The summed E-state index contributed by atoms with van der Waals surface area (Å²) in [6.07, 6.45) is 0.0708. The van der Waals surface area contributed by atoms with Crippen molar-refractivity contribution in [3.05, 3.63) is 77.4 Å². The van der Waals surface area contributed by atoms with E-state index >= 15 is 0 Å². The molecule has 0 saturated heterocycles. The zero-order valence-corrected chi connectivity index (χ0v) is 18.4. The first-order valence-electron chi connectivity index (χ1n) is 10.4. The highest BCUT2D eigenvalue weighted by atomic mass is 32.2. The van der Waals surface area contributed by atoms with Crippen molar-refractivity contribution in [3.8, 4) is 16.9 Å². The van der Waals surface area contributed by atoms with Crippen LogP contribution in [0.1, 0.15) is 18.1 Å². The molecule has 0 fully saturated rings. The number of sulfonamides is 1. The first-order valence-corrected chi connectivity index (χ1v) is 11.9. The van der Waals surface area contributed by atoms with Crippen LogP contribution in [0.4, 0.5) is 14.5 Å². The first-order chi connectivity index (χ1) is 15.6. The average Bonchev–Trinajstić information content (AvgIpc) is 3.33. The molecule has 9 heteroatoms. The van der Waals surface area contributed by atoms with Gasteiger partial charge in [0.2, 0.25) is 10.0 Å². The fourth-order valence-corrected chi connectivity index (χ4v) is 5.04. The Morgan fingerprint density at radius 1 is 1.03 bits per heavy atom. The summed E-state index contributed by atoms with van der Waals surface area (Å²) >= 11 is 0. The van der Waals surface area contributed by atoms with Crippen LogP contribution in [-0.2, 0) is 27.7 Å². The molecule has 2 aliphatic heterocycles. The van der Waals surface area contributed by atoms with Crippen molar-refractivity contribution in [3.63, 3.8) is 0 Å². The van der Waals surface area contributed by atoms with Crippen molar-refractivity contribution in [1.29, 1.82) is 0 Å². The Balaban J connectivity index is 1.43. The summed E-state index contributed by atoms with van der Waals surface area (Å²) in [4.78, 5) is 14.9. The van der Waals surface area contributed by atoms with Crippen LogP contribution in [-0.4, -0.2) is 26.5 Å². The number of rotatable bonds is 3. The molecule has 5 rings (SSSR count). The van der Waals surface area contributed by atoms with Crippen LogP contribution < -0.4 is 14.8 Å². The third-order valence-electron chi connectivity index (χ3n) is 6.09. The van der Waals surface area contributed by atoms with Gasteiger partial charge in [-0.25, -0.2) is 22.3 Å². The van der Waals surface area contributed by atoms with Crippen LogP contribution in [0.2, 0.25) is 0 Å². The monoisotopic (exact) mass is 470 g/mol. The van der Waals surface area contributed by atoms with Gasteiger partial charge in [0, 0.05) is 23.7 Å². The van der Waals surface area contributed by atoms with E-state index < -0.39 is 27.8 Å². The minimum Gasteiger partial charge on any atom is -0.480 e. The molecule has 33 heavy (non-hydrogen) atoms. The Labute approximate surface area is 189 Å². The maximum atomic E-state index is 14.2. The van der Waals surface area contributed by atoms with Crippen molar-refractivity contribution < 1.29 is 26.7 Å². The number of hydrogen-bond donors (Lipinski definition) is 1. The molecule has 2 aliphatic rings. The molecule has 0 bridgehead atoms. The zero-order valence-electron chi connectivity index (χ0n) is 17.6. The SMILES string of the molecule is CC1Cc2ccc(S(N)(=O)=O)cc2N1C(=O)[C@@H]1Cc2ccc(-c3cc(F)ccc3F)cc2O1. The Morgan fingerprint density at radius 3 is 2.55 bits per heavy atom. The molecule has 170 valence electrons. The highest BCUT2D eigenvalue weighted by Gasteiger charge is 2.39. The number of nitrogens with zero attached hydrogens (tertiary/aromatic N) is 1. The van der Waals surface area contributed by atoms with E-state index in [0.717, 1.165) is 29.3 Å². The third kappa shape index (κ3) is 3.77. The van der Waals surface area contributed by atoms with Crippen molar-refractivity contribution in [2.45, 2.75) is 36.8 Å². The highest BCUT2D eigenvalue weighted by Crippen LogP contribution is 2.38. The topological polar surface area (TPSA) is 89.7 Å². The largest absolute Gasteiger partial charge is 0.480 e. The van der Waals surface area contributed by atoms with Crippen LogP contribution >= 0.6 is 0 Å². The van der Waals surface area contributed by atoms with Crippen molar-refractivity contribution >= 4 is 21.6 Å². The zero-order chi connectivity index (χ0) is 23.5. The van der Waals surface area contributed by atoms with Crippen molar-refractivity contribution in [2.75, 3.05) is 4.90 Å². The van der Waals surface area contributed by atoms with Gasteiger partial charge in [0.15, 0.2) is 6.10 Å². The second-order valence-electron chi connectivity index (χ2n) is 8.35. The summed E-state index contributed by atoms with van der Waals surface area (Å²) in [6.45, 7) is 1.88. The number of halogens is 2. The molecule has 1 unspecified atom stereocenters. The minimum absolute atomic E-state index is 0.0643. The van der Waals surface area contributed by atoms with Crippen LogP contribution in [0.25, 0.3) is 11.1 Å². The van der Waals surface area contributed by atoms with Crippen LogP contribution in [0.15, 0.2) is 59.5 Å². The van der Waals surface area contributed by atoms with E-state index in [1.165, 1.54) is 12.1 Å². The Morgan fingerprint density at radius 2 is 1.79 bits per heavy atom. The normalized spacial score (nSPS) is 19.2. The van der Waals surface area contributed by atoms with Crippen LogP contribution in [0, 0.1) is 11.6 Å². The first kappa shape index (κ1) is 21.5. The number of amides is 1. The molecule has 2 heterocycles. The van der Waals surface area contributed by atoms with Gasteiger partial charge in [-0.15, -0.1) is 0 Å². The predicted molar refractivity (Wildman–Crippen MR) is 118 cm³/mol. The van der Waals surface area contributed by atoms with Gasteiger partial charge in [0.05, 0.1) is 4.90 Å². The number of benzene rings is 3. The second kappa shape index (κ2) is 7.64. The van der Waals surface area contributed by atoms with E-state index in [-0.39, 0.29) is 22.4 Å². The molecule has 6 nitrogen and oxygen atoms in total. The van der Waals surface area contributed by atoms with Gasteiger partial charge < -0.3 is 9.64 Å². The van der Waals surface area contributed by atoms with E-state index in [0.29, 0.717) is 29.8 Å². The Bertz CT molecular complexity index is 1410. The lowest BCUT2D eigenvalue weighted by molar-refractivity contribution is -0.124. The lowest BCUT2D eigenvalue weighted by Crippen LogP contribution is -2.44. The van der Waals surface area contributed by atoms with E-state index in [4.69, 9.17) is 9.88 Å². The maximum absolute atomic E-state index is 14.2. The van der Waals surface area contributed by atoms with E-state index in [9.17, 15) is 22.0 Å². The molecule has 1 amide bonds. The lowest BCUT2D eigenvalue weighted by Gasteiger charge is -2.25. The smallest absolute Gasteiger partial charge is 0.268 e.